The van der Waals surface area contributed by atoms with Crippen LogP contribution in [0.2, 0.25) is 0 Å². The van der Waals surface area contributed by atoms with Gasteiger partial charge >= 0.3 is 0 Å². The van der Waals surface area contributed by atoms with Crippen LogP contribution < -0.4 is 10.2 Å². The molecule has 1 aromatic heterocycles. The van der Waals surface area contributed by atoms with Gasteiger partial charge in [-0.25, -0.2) is 0 Å². The van der Waals surface area contributed by atoms with Crippen LogP contribution in [0, 0.1) is 0 Å². The van der Waals surface area contributed by atoms with E-state index >= 15 is 0 Å². The van der Waals surface area contributed by atoms with Gasteiger partial charge in [0.15, 0.2) is 0 Å². The van der Waals surface area contributed by atoms with Crippen molar-refractivity contribution in [3.63, 3.8) is 0 Å². The molecule has 0 saturated carbocycles. The molecule has 21 heavy (non-hydrogen) atoms. The number of aliphatic hydroxyl groups excluding tert-OH is 1. The Labute approximate surface area is 123 Å². The minimum Gasteiger partial charge on any atom is -0.462 e. The number of anilines is 2. The fourth-order valence-electron chi connectivity index (χ4n) is 2.47. The van der Waals surface area contributed by atoms with Crippen molar-refractivity contribution in [1.82, 2.24) is 0 Å². The molecule has 3 rings (SSSR count). The second kappa shape index (κ2) is 6.01. The number of nitrogens with zero attached hydrogens (tertiary/aromatic N) is 1. The molecule has 1 saturated heterocycles. The van der Waals surface area contributed by atoms with Crippen molar-refractivity contribution in [2.24, 2.45) is 0 Å². The molecule has 2 heterocycles. The van der Waals surface area contributed by atoms with Gasteiger partial charge in [0.05, 0.1) is 6.54 Å². The molecule has 2 aromatic rings. The summed E-state index contributed by atoms with van der Waals surface area (Å²) in [7, 11) is 0. The lowest BCUT2D eigenvalue weighted by molar-refractivity contribution is -0.117. The second-order valence-corrected chi connectivity index (χ2v) is 5.08. The smallest absolute Gasteiger partial charge is 0.227 e. The second-order valence-electron chi connectivity index (χ2n) is 5.08. The van der Waals surface area contributed by atoms with Gasteiger partial charge in [-0.15, -0.1) is 0 Å². The lowest BCUT2D eigenvalue weighted by Crippen LogP contribution is -2.23. The Kier molecular flexibility index (Phi) is 3.92. The first-order valence-corrected chi connectivity index (χ1v) is 7.09. The van der Waals surface area contributed by atoms with Crippen LogP contribution in [0.3, 0.4) is 0 Å². The average molecular weight is 286 g/mol. The largest absolute Gasteiger partial charge is 0.462 e. The monoisotopic (exact) mass is 286 g/mol. The Morgan fingerprint density at radius 3 is 2.52 bits per heavy atom. The molecule has 1 amide bonds. The molecule has 0 spiro atoms. The zero-order chi connectivity index (χ0) is 14.7. The summed E-state index contributed by atoms with van der Waals surface area (Å²) in [6.45, 7) is 1.28. The molecular weight excluding hydrogens is 268 g/mol. The van der Waals surface area contributed by atoms with E-state index in [4.69, 9.17) is 9.52 Å². The fraction of sp³-hybridized carbons (Fsp3) is 0.312. The molecule has 0 bridgehead atoms. The SMILES string of the molecule is O=C1CCCN1c1ccc(NCc2ccc(CO)o2)cc1. The van der Waals surface area contributed by atoms with Crippen LogP contribution in [0.25, 0.3) is 0 Å². The maximum Gasteiger partial charge on any atom is 0.227 e. The summed E-state index contributed by atoms with van der Waals surface area (Å²) in [6.07, 6.45) is 1.58. The van der Waals surface area contributed by atoms with Gasteiger partial charge in [-0.1, -0.05) is 0 Å². The topological polar surface area (TPSA) is 65.7 Å². The highest BCUT2D eigenvalue weighted by Gasteiger charge is 2.21. The van der Waals surface area contributed by atoms with Crippen molar-refractivity contribution in [2.75, 3.05) is 16.8 Å². The lowest BCUT2D eigenvalue weighted by atomic mass is 10.2. The summed E-state index contributed by atoms with van der Waals surface area (Å²) >= 11 is 0. The van der Waals surface area contributed by atoms with Gasteiger partial charge in [0.25, 0.3) is 0 Å². The Hall–Kier alpha value is -2.27. The number of benzene rings is 1. The van der Waals surface area contributed by atoms with E-state index in [0.29, 0.717) is 18.7 Å². The quantitative estimate of drug-likeness (QED) is 0.886. The molecule has 0 aliphatic carbocycles. The maximum absolute atomic E-state index is 11.7. The third kappa shape index (κ3) is 3.08. The number of rotatable bonds is 5. The highest BCUT2D eigenvalue weighted by atomic mass is 16.4. The first-order chi connectivity index (χ1) is 10.3. The predicted molar refractivity (Wildman–Crippen MR) is 80.0 cm³/mol. The minimum absolute atomic E-state index is 0.0848. The number of furan rings is 1. The zero-order valence-corrected chi connectivity index (χ0v) is 11.7. The van der Waals surface area contributed by atoms with Gasteiger partial charge in [-0.05, 0) is 42.8 Å². The van der Waals surface area contributed by atoms with Gasteiger partial charge in [0, 0.05) is 24.3 Å². The molecular formula is C16H18N2O3. The summed E-state index contributed by atoms with van der Waals surface area (Å²) in [6, 6.07) is 11.4. The maximum atomic E-state index is 11.7. The van der Waals surface area contributed by atoms with Crippen LogP contribution in [0.1, 0.15) is 24.4 Å². The normalized spacial score (nSPS) is 14.7. The Balaban J connectivity index is 1.60. The van der Waals surface area contributed by atoms with Gasteiger partial charge in [-0.3, -0.25) is 4.79 Å². The third-order valence-electron chi connectivity index (χ3n) is 3.59. The first kappa shape index (κ1) is 13.7. The molecule has 1 fully saturated rings. The molecule has 5 nitrogen and oxygen atoms in total. The van der Waals surface area contributed by atoms with E-state index in [0.717, 1.165) is 30.1 Å². The van der Waals surface area contributed by atoms with Crippen molar-refractivity contribution in [2.45, 2.75) is 26.0 Å². The molecule has 110 valence electrons. The van der Waals surface area contributed by atoms with Crippen LogP contribution in [0.4, 0.5) is 11.4 Å². The number of carbonyl (C=O) groups excluding carboxylic acids is 1. The number of hydrogen-bond donors (Lipinski definition) is 2. The van der Waals surface area contributed by atoms with E-state index in [1.807, 2.05) is 35.2 Å². The molecule has 0 atom stereocenters. The summed E-state index contributed by atoms with van der Waals surface area (Å²) in [4.78, 5) is 13.5. The number of carbonyl (C=O) groups is 1. The van der Waals surface area contributed by atoms with Crippen molar-refractivity contribution in [1.29, 1.82) is 0 Å². The molecule has 1 aromatic carbocycles. The van der Waals surface area contributed by atoms with E-state index in [2.05, 4.69) is 5.32 Å². The summed E-state index contributed by atoms with van der Waals surface area (Å²) in [5.74, 6) is 1.54. The van der Waals surface area contributed by atoms with Crippen LogP contribution in [0.15, 0.2) is 40.8 Å². The molecule has 1 aliphatic rings. The van der Waals surface area contributed by atoms with Crippen LogP contribution in [0.5, 0.6) is 0 Å². The fourth-order valence-corrected chi connectivity index (χ4v) is 2.47. The van der Waals surface area contributed by atoms with Gasteiger partial charge in [-0.2, -0.15) is 0 Å². The first-order valence-electron chi connectivity index (χ1n) is 7.09. The number of amides is 1. The van der Waals surface area contributed by atoms with Crippen LogP contribution in [-0.4, -0.2) is 17.6 Å². The minimum atomic E-state index is -0.0848. The number of aliphatic hydroxyl groups is 1. The molecule has 5 heteroatoms. The third-order valence-corrected chi connectivity index (χ3v) is 3.59. The zero-order valence-electron chi connectivity index (χ0n) is 11.7. The van der Waals surface area contributed by atoms with Gasteiger partial charge < -0.3 is 19.7 Å². The molecule has 0 radical (unpaired) electrons. The Morgan fingerprint density at radius 1 is 1.14 bits per heavy atom. The molecule has 0 unspecified atom stereocenters. The highest BCUT2D eigenvalue weighted by Crippen LogP contribution is 2.23. The van der Waals surface area contributed by atoms with Crippen molar-refractivity contribution in [3.05, 3.63) is 47.9 Å². The highest BCUT2D eigenvalue weighted by molar-refractivity contribution is 5.95. The van der Waals surface area contributed by atoms with E-state index < -0.39 is 0 Å². The van der Waals surface area contributed by atoms with Gasteiger partial charge in [0.2, 0.25) is 5.91 Å². The standard InChI is InChI=1S/C16H18N2O3/c19-11-15-8-7-14(21-15)10-17-12-3-5-13(6-4-12)18-9-1-2-16(18)20/h3-8,17,19H,1-2,9-11H2. The average Bonchev–Trinajstić information content (AvgIpc) is 3.14. The summed E-state index contributed by atoms with van der Waals surface area (Å²) in [5, 5.41) is 12.2. The van der Waals surface area contributed by atoms with E-state index in [9.17, 15) is 4.79 Å². The van der Waals surface area contributed by atoms with Crippen molar-refractivity contribution in [3.8, 4) is 0 Å². The van der Waals surface area contributed by atoms with Gasteiger partial charge in [0.1, 0.15) is 18.1 Å². The van der Waals surface area contributed by atoms with Crippen LogP contribution >= 0.6 is 0 Å². The van der Waals surface area contributed by atoms with Crippen molar-refractivity contribution < 1.29 is 14.3 Å². The molecule has 1 aliphatic heterocycles. The van der Waals surface area contributed by atoms with Crippen molar-refractivity contribution >= 4 is 17.3 Å². The Morgan fingerprint density at radius 2 is 1.90 bits per heavy atom. The van der Waals surface area contributed by atoms with E-state index in [1.54, 1.807) is 6.07 Å². The predicted octanol–water partition coefficient (Wildman–Crippen LogP) is 2.51. The van der Waals surface area contributed by atoms with E-state index in [-0.39, 0.29) is 12.5 Å². The lowest BCUT2D eigenvalue weighted by Gasteiger charge is -2.16. The summed E-state index contributed by atoms with van der Waals surface area (Å²) in [5.41, 5.74) is 1.91. The Bertz CT molecular complexity index is 619. The van der Waals surface area contributed by atoms with E-state index in [1.165, 1.54) is 0 Å². The molecule has 2 N–H and O–H groups in total. The summed E-state index contributed by atoms with van der Waals surface area (Å²) < 4.78 is 5.41. The van der Waals surface area contributed by atoms with Crippen LogP contribution in [-0.2, 0) is 17.9 Å². The number of hydrogen-bond acceptors (Lipinski definition) is 4. The number of nitrogens with one attached hydrogen (secondary N) is 1.